The largest absolute Gasteiger partial charge is 0.488 e. The van der Waals surface area contributed by atoms with Gasteiger partial charge in [-0.05, 0) is 64.3 Å². The van der Waals surface area contributed by atoms with Gasteiger partial charge in [0, 0.05) is 31.8 Å². The molecule has 9 nitrogen and oxygen atoms in total. The van der Waals surface area contributed by atoms with Gasteiger partial charge in [-0.1, -0.05) is 24.3 Å². The summed E-state index contributed by atoms with van der Waals surface area (Å²) in [6, 6.07) is 15.6. The highest BCUT2D eigenvalue weighted by Gasteiger charge is 2.36. The average Bonchev–Trinajstić information content (AvgIpc) is 3.19. The molecule has 1 saturated heterocycles. The van der Waals surface area contributed by atoms with Crippen LogP contribution in [0, 0.1) is 0 Å². The number of rotatable bonds is 5. The van der Waals surface area contributed by atoms with Crippen LogP contribution in [-0.2, 0) is 9.47 Å². The Balaban J connectivity index is 1.36. The molecule has 1 aliphatic heterocycles. The van der Waals surface area contributed by atoms with E-state index >= 15 is 0 Å². The first-order valence-electron chi connectivity index (χ1n) is 12.6. The number of fused-ring (bicyclic) bond motifs is 2. The zero-order valence-corrected chi connectivity index (χ0v) is 21.8. The summed E-state index contributed by atoms with van der Waals surface area (Å²) < 4.78 is 19.9. The molecule has 0 bridgehead atoms. The fourth-order valence-corrected chi connectivity index (χ4v) is 4.67. The molecule has 1 unspecified atom stereocenters. The lowest BCUT2D eigenvalue weighted by Gasteiger charge is -2.31. The molecule has 1 fully saturated rings. The number of nitrogens with zero attached hydrogens (tertiary/aromatic N) is 5. The van der Waals surface area contributed by atoms with Gasteiger partial charge in [0.2, 0.25) is 0 Å². The molecule has 37 heavy (non-hydrogen) atoms. The Hall–Kier alpha value is -3.72. The van der Waals surface area contributed by atoms with E-state index < -0.39 is 11.2 Å². The SMILES string of the molecule is COC1(COc2cccc3ccc(-c4nnc5ccccn45)nc23)CCCN(C(=O)OC(C)(C)C)CC1. The first-order chi connectivity index (χ1) is 17.8. The monoisotopic (exact) mass is 503 g/mol. The molecule has 1 amide bonds. The molecule has 4 aromatic rings. The van der Waals surface area contributed by atoms with Crippen LogP contribution in [0.15, 0.2) is 54.7 Å². The van der Waals surface area contributed by atoms with E-state index in [2.05, 4.69) is 10.2 Å². The summed E-state index contributed by atoms with van der Waals surface area (Å²) in [4.78, 5) is 19.3. The fraction of sp³-hybridized carbons (Fsp3) is 0.429. The summed E-state index contributed by atoms with van der Waals surface area (Å²) in [6.45, 7) is 7.17. The van der Waals surface area contributed by atoms with Crippen LogP contribution in [0.25, 0.3) is 28.1 Å². The highest BCUT2D eigenvalue weighted by molar-refractivity contribution is 5.86. The average molecular weight is 504 g/mol. The van der Waals surface area contributed by atoms with Crippen molar-refractivity contribution in [3.63, 3.8) is 0 Å². The third kappa shape index (κ3) is 5.36. The Morgan fingerprint density at radius 2 is 1.89 bits per heavy atom. The molecule has 5 rings (SSSR count). The van der Waals surface area contributed by atoms with Crippen LogP contribution in [0.1, 0.15) is 40.0 Å². The van der Waals surface area contributed by atoms with Crippen molar-refractivity contribution in [2.24, 2.45) is 0 Å². The van der Waals surface area contributed by atoms with Gasteiger partial charge in [0.25, 0.3) is 0 Å². The standard InChI is InChI=1S/C28H33N5O4/c1-27(2,3)37-26(34)32-16-8-14-28(35-4,15-18-32)19-36-22-10-7-9-20-12-13-21(29-24(20)22)25-31-30-23-11-5-6-17-33(23)25/h5-7,9-13,17H,8,14-16,18-19H2,1-4H3. The number of methoxy groups -OCH3 is 1. The molecule has 0 spiro atoms. The van der Waals surface area contributed by atoms with Gasteiger partial charge in [0.15, 0.2) is 11.5 Å². The van der Waals surface area contributed by atoms with Crippen molar-refractivity contribution in [1.29, 1.82) is 0 Å². The van der Waals surface area contributed by atoms with Crippen LogP contribution >= 0.6 is 0 Å². The maximum Gasteiger partial charge on any atom is 0.410 e. The molecular formula is C28H33N5O4. The Morgan fingerprint density at radius 3 is 2.70 bits per heavy atom. The quantitative estimate of drug-likeness (QED) is 0.373. The van der Waals surface area contributed by atoms with Crippen molar-refractivity contribution in [1.82, 2.24) is 24.5 Å². The number of carbonyl (C=O) groups excluding carboxylic acids is 1. The third-order valence-electron chi connectivity index (χ3n) is 6.70. The van der Waals surface area contributed by atoms with Gasteiger partial charge < -0.3 is 19.1 Å². The first-order valence-corrected chi connectivity index (χ1v) is 12.6. The number of para-hydroxylation sites is 1. The van der Waals surface area contributed by atoms with Gasteiger partial charge in [-0.2, -0.15) is 0 Å². The normalized spacial score (nSPS) is 18.6. The number of benzene rings is 1. The van der Waals surface area contributed by atoms with Gasteiger partial charge >= 0.3 is 6.09 Å². The van der Waals surface area contributed by atoms with Gasteiger partial charge in [-0.25, -0.2) is 9.78 Å². The van der Waals surface area contributed by atoms with Crippen molar-refractivity contribution < 1.29 is 19.0 Å². The Kier molecular flexibility index (Phi) is 6.72. The first kappa shape index (κ1) is 25.0. The maximum atomic E-state index is 12.6. The second-order valence-corrected chi connectivity index (χ2v) is 10.5. The molecule has 194 valence electrons. The molecule has 0 saturated carbocycles. The Labute approximate surface area is 216 Å². The summed E-state index contributed by atoms with van der Waals surface area (Å²) >= 11 is 0. The number of amides is 1. The number of likely N-dealkylation sites (tertiary alicyclic amines) is 1. The lowest BCUT2D eigenvalue weighted by molar-refractivity contribution is -0.0540. The third-order valence-corrected chi connectivity index (χ3v) is 6.70. The summed E-state index contributed by atoms with van der Waals surface area (Å²) in [5.41, 5.74) is 1.19. The predicted octanol–water partition coefficient (Wildman–Crippen LogP) is 5.13. The molecule has 1 aromatic carbocycles. The maximum absolute atomic E-state index is 12.6. The van der Waals surface area contributed by atoms with Gasteiger partial charge in [0.1, 0.15) is 34.8 Å². The summed E-state index contributed by atoms with van der Waals surface area (Å²) in [5, 5.41) is 9.57. The van der Waals surface area contributed by atoms with Crippen LogP contribution in [0.5, 0.6) is 5.75 Å². The second kappa shape index (κ2) is 9.97. The second-order valence-electron chi connectivity index (χ2n) is 10.5. The summed E-state index contributed by atoms with van der Waals surface area (Å²) in [7, 11) is 1.71. The Morgan fingerprint density at radius 1 is 1.03 bits per heavy atom. The van der Waals surface area contributed by atoms with E-state index in [1.807, 2.05) is 79.9 Å². The lowest BCUT2D eigenvalue weighted by Crippen LogP contribution is -2.41. The minimum atomic E-state index is -0.524. The summed E-state index contributed by atoms with van der Waals surface area (Å²) in [5.74, 6) is 1.35. The number of hydrogen-bond donors (Lipinski definition) is 0. The van der Waals surface area contributed by atoms with E-state index in [0.29, 0.717) is 43.4 Å². The zero-order chi connectivity index (χ0) is 26.0. The Bertz CT molecular complexity index is 1410. The molecule has 1 aliphatic rings. The van der Waals surface area contributed by atoms with Gasteiger partial charge in [-0.15, -0.1) is 10.2 Å². The highest BCUT2D eigenvalue weighted by Crippen LogP contribution is 2.31. The van der Waals surface area contributed by atoms with Crippen LogP contribution < -0.4 is 4.74 Å². The van der Waals surface area contributed by atoms with Crippen LogP contribution in [-0.4, -0.2) is 68.6 Å². The molecule has 4 heterocycles. The van der Waals surface area contributed by atoms with Crippen molar-refractivity contribution >= 4 is 22.6 Å². The van der Waals surface area contributed by atoms with E-state index in [4.69, 9.17) is 19.2 Å². The van der Waals surface area contributed by atoms with E-state index in [-0.39, 0.29) is 6.09 Å². The number of pyridine rings is 2. The molecular weight excluding hydrogens is 470 g/mol. The van der Waals surface area contributed by atoms with E-state index in [1.54, 1.807) is 12.0 Å². The van der Waals surface area contributed by atoms with Crippen LogP contribution in [0.4, 0.5) is 4.79 Å². The topological polar surface area (TPSA) is 91.1 Å². The molecule has 0 radical (unpaired) electrons. The number of ether oxygens (including phenoxy) is 3. The predicted molar refractivity (Wildman–Crippen MR) is 141 cm³/mol. The van der Waals surface area contributed by atoms with Crippen LogP contribution in [0.2, 0.25) is 0 Å². The van der Waals surface area contributed by atoms with Gasteiger partial charge in [0.05, 0.1) is 0 Å². The fourth-order valence-electron chi connectivity index (χ4n) is 4.67. The van der Waals surface area contributed by atoms with Crippen molar-refractivity contribution in [2.45, 2.75) is 51.2 Å². The zero-order valence-electron chi connectivity index (χ0n) is 21.8. The summed E-state index contributed by atoms with van der Waals surface area (Å²) in [6.07, 6.45) is 3.87. The van der Waals surface area contributed by atoms with E-state index in [1.165, 1.54) is 0 Å². The molecule has 0 aliphatic carbocycles. The van der Waals surface area contributed by atoms with Gasteiger partial charge in [-0.3, -0.25) is 4.40 Å². The molecule has 9 heteroatoms. The highest BCUT2D eigenvalue weighted by atomic mass is 16.6. The van der Waals surface area contributed by atoms with Crippen LogP contribution in [0.3, 0.4) is 0 Å². The van der Waals surface area contributed by atoms with Crippen molar-refractivity contribution in [3.8, 4) is 17.3 Å². The van der Waals surface area contributed by atoms with E-state index in [9.17, 15) is 4.79 Å². The van der Waals surface area contributed by atoms with Crippen molar-refractivity contribution in [2.75, 3.05) is 26.8 Å². The smallest absolute Gasteiger partial charge is 0.410 e. The number of carbonyl (C=O) groups is 1. The molecule has 0 N–H and O–H groups in total. The minimum absolute atomic E-state index is 0.285. The lowest BCUT2D eigenvalue weighted by atomic mass is 9.95. The molecule has 3 aromatic heterocycles. The van der Waals surface area contributed by atoms with E-state index in [0.717, 1.165) is 29.4 Å². The number of aromatic nitrogens is 4. The molecule has 1 atom stereocenters. The van der Waals surface area contributed by atoms with Crippen molar-refractivity contribution in [3.05, 3.63) is 54.7 Å². The number of hydrogen-bond acceptors (Lipinski definition) is 7. The minimum Gasteiger partial charge on any atom is -0.488 e.